The van der Waals surface area contributed by atoms with Crippen molar-refractivity contribution >= 4 is 22.7 Å². The van der Waals surface area contributed by atoms with Crippen molar-refractivity contribution in [2.24, 2.45) is 5.73 Å². The fourth-order valence-corrected chi connectivity index (χ4v) is 3.09. The lowest BCUT2D eigenvalue weighted by Gasteiger charge is -2.08. The van der Waals surface area contributed by atoms with Gasteiger partial charge in [0.15, 0.2) is 0 Å². The largest absolute Gasteiger partial charge is 0.436 e. The van der Waals surface area contributed by atoms with Gasteiger partial charge in [0.1, 0.15) is 10.8 Å². The monoisotopic (exact) mass is 299 g/mol. The highest BCUT2D eigenvalue weighted by molar-refractivity contribution is 7.99. The predicted molar refractivity (Wildman–Crippen MR) is 84.6 cm³/mol. The first-order valence-electron chi connectivity index (χ1n) is 6.88. The number of hydrogen-bond donors (Lipinski definition) is 1. The SMILES string of the molecule is Cc1nc(Sc2nc3ccccc3cc2CCN)oc1C. The molecule has 2 aromatic heterocycles. The molecule has 0 radical (unpaired) electrons. The van der Waals surface area contributed by atoms with Crippen LogP contribution in [-0.4, -0.2) is 16.5 Å². The zero-order valence-corrected chi connectivity index (χ0v) is 12.9. The zero-order valence-electron chi connectivity index (χ0n) is 12.1. The summed E-state index contributed by atoms with van der Waals surface area (Å²) in [5.41, 5.74) is 8.74. The van der Waals surface area contributed by atoms with Gasteiger partial charge in [0, 0.05) is 5.39 Å². The second kappa shape index (κ2) is 5.87. The van der Waals surface area contributed by atoms with E-state index in [1.807, 2.05) is 32.0 Å². The van der Waals surface area contributed by atoms with Crippen molar-refractivity contribution in [3.8, 4) is 0 Å². The molecule has 0 atom stereocenters. The van der Waals surface area contributed by atoms with Crippen LogP contribution in [0.3, 0.4) is 0 Å². The highest BCUT2D eigenvalue weighted by atomic mass is 32.2. The number of pyridine rings is 1. The lowest BCUT2D eigenvalue weighted by molar-refractivity contribution is 0.431. The van der Waals surface area contributed by atoms with Gasteiger partial charge in [0.05, 0.1) is 11.2 Å². The molecule has 21 heavy (non-hydrogen) atoms. The van der Waals surface area contributed by atoms with E-state index in [0.29, 0.717) is 11.8 Å². The fourth-order valence-electron chi connectivity index (χ4n) is 2.13. The number of aromatic nitrogens is 2. The Kier molecular flexibility index (Phi) is 3.94. The van der Waals surface area contributed by atoms with Crippen LogP contribution in [0.1, 0.15) is 17.0 Å². The van der Waals surface area contributed by atoms with Crippen LogP contribution in [-0.2, 0) is 6.42 Å². The summed E-state index contributed by atoms with van der Waals surface area (Å²) in [5, 5.41) is 2.68. The van der Waals surface area contributed by atoms with Gasteiger partial charge in [-0.3, -0.25) is 0 Å². The van der Waals surface area contributed by atoms with E-state index in [-0.39, 0.29) is 0 Å². The molecule has 2 heterocycles. The number of para-hydroxylation sites is 1. The number of nitrogens with zero attached hydrogens (tertiary/aromatic N) is 2. The molecule has 0 saturated carbocycles. The molecule has 0 bridgehead atoms. The quantitative estimate of drug-likeness (QED) is 0.799. The van der Waals surface area contributed by atoms with Gasteiger partial charge in [-0.1, -0.05) is 18.2 Å². The van der Waals surface area contributed by atoms with Gasteiger partial charge in [-0.2, -0.15) is 0 Å². The van der Waals surface area contributed by atoms with Crippen molar-refractivity contribution in [3.05, 3.63) is 47.3 Å². The van der Waals surface area contributed by atoms with Crippen molar-refractivity contribution in [2.75, 3.05) is 6.54 Å². The van der Waals surface area contributed by atoms with Gasteiger partial charge in [-0.25, -0.2) is 9.97 Å². The van der Waals surface area contributed by atoms with Crippen molar-refractivity contribution in [1.29, 1.82) is 0 Å². The Morgan fingerprint density at radius 3 is 2.71 bits per heavy atom. The van der Waals surface area contributed by atoms with E-state index in [2.05, 4.69) is 17.1 Å². The van der Waals surface area contributed by atoms with Crippen LogP contribution in [0.2, 0.25) is 0 Å². The van der Waals surface area contributed by atoms with Crippen molar-refractivity contribution in [1.82, 2.24) is 9.97 Å². The number of hydrogen-bond acceptors (Lipinski definition) is 5. The van der Waals surface area contributed by atoms with Crippen LogP contribution in [0.4, 0.5) is 0 Å². The normalized spacial score (nSPS) is 11.2. The molecule has 0 unspecified atom stereocenters. The van der Waals surface area contributed by atoms with E-state index >= 15 is 0 Å². The highest BCUT2D eigenvalue weighted by Gasteiger charge is 2.13. The predicted octanol–water partition coefficient (Wildman–Crippen LogP) is 3.49. The Morgan fingerprint density at radius 2 is 2.00 bits per heavy atom. The van der Waals surface area contributed by atoms with Crippen molar-refractivity contribution < 1.29 is 4.42 Å². The first-order valence-corrected chi connectivity index (χ1v) is 7.69. The van der Waals surface area contributed by atoms with E-state index in [9.17, 15) is 0 Å². The van der Waals surface area contributed by atoms with E-state index in [1.54, 1.807) is 0 Å². The molecule has 4 nitrogen and oxygen atoms in total. The molecule has 1 aromatic carbocycles. The molecule has 0 aliphatic rings. The van der Waals surface area contributed by atoms with Gasteiger partial charge in [-0.05, 0) is 56.3 Å². The molecular weight excluding hydrogens is 282 g/mol. The molecule has 0 spiro atoms. The molecule has 3 aromatic rings. The molecule has 3 rings (SSSR count). The number of fused-ring (bicyclic) bond motifs is 1. The Hall–Kier alpha value is -1.85. The molecule has 0 saturated heterocycles. The highest BCUT2D eigenvalue weighted by Crippen LogP contribution is 2.31. The summed E-state index contributed by atoms with van der Waals surface area (Å²) >= 11 is 1.46. The lowest BCUT2D eigenvalue weighted by atomic mass is 10.1. The van der Waals surface area contributed by atoms with Crippen LogP contribution in [0, 0.1) is 13.8 Å². The average Bonchev–Trinajstić information content (AvgIpc) is 2.78. The van der Waals surface area contributed by atoms with Crippen LogP contribution in [0.5, 0.6) is 0 Å². The molecule has 108 valence electrons. The smallest absolute Gasteiger partial charge is 0.262 e. The maximum absolute atomic E-state index is 5.72. The number of oxazole rings is 1. The molecule has 0 aliphatic heterocycles. The summed E-state index contributed by atoms with van der Waals surface area (Å²) in [6.45, 7) is 4.45. The van der Waals surface area contributed by atoms with Crippen molar-refractivity contribution in [3.63, 3.8) is 0 Å². The van der Waals surface area contributed by atoms with Crippen LogP contribution in [0.15, 0.2) is 45.0 Å². The number of aryl methyl sites for hydroxylation is 2. The topological polar surface area (TPSA) is 64.9 Å². The molecular formula is C16H17N3OS. The van der Waals surface area contributed by atoms with E-state index < -0.39 is 0 Å². The van der Waals surface area contributed by atoms with Gasteiger partial charge in [0.2, 0.25) is 0 Å². The molecule has 0 aliphatic carbocycles. The van der Waals surface area contributed by atoms with Crippen molar-refractivity contribution in [2.45, 2.75) is 30.5 Å². The minimum absolute atomic E-state index is 0.594. The fraction of sp³-hybridized carbons (Fsp3) is 0.250. The second-order valence-electron chi connectivity index (χ2n) is 4.91. The minimum Gasteiger partial charge on any atom is -0.436 e. The Balaban J connectivity index is 2.04. The first-order chi connectivity index (χ1) is 10.2. The maximum Gasteiger partial charge on any atom is 0.262 e. The zero-order chi connectivity index (χ0) is 14.8. The number of rotatable bonds is 4. The molecule has 0 amide bonds. The van der Waals surface area contributed by atoms with Gasteiger partial charge in [-0.15, -0.1) is 0 Å². The minimum atomic E-state index is 0.594. The van der Waals surface area contributed by atoms with E-state index in [4.69, 9.17) is 15.1 Å². The van der Waals surface area contributed by atoms with Gasteiger partial charge < -0.3 is 10.2 Å². The summed E-state index contributed by atoms with van der Waals surface area (Å²) in [7, 11) is 0. The van der Waals surface area contributed by atoms with Crippen LogP contribution in [0.25, 0.3) is 10.9 Å². The standard InChI is InChI=1S/C16H17N3OS/c1-10-11(2)20-16(18-10)21-15-13(7-8-17)9-12-5-3-4-6-14(12)19-15/h3-6,9H,7-8,17H2,1-2H3. The average molecular weight is 299 g/mol. The summed E-state index contributed by atoms with van der Waals surface area (Å²) in [6, 6.07) is 10.2. The summed E-state index contributed by atoms with van der Waals surface area (Å²) in [6.07, 6.45) is 0.791. The second-order valence-corrected chi connectivity index (χ2v) is 5.85. The third kappa shape index (κ3) is 2.94. The summed E-state index contributed by atoms with van der Waals surface area (Å²) in [5.74, 6) is 0.846. The number of benzene rings is 1. The van der Waals surface area contributed by atoms with Gasteiger partial charge >= 0.3 is 0 Å². The van der Waals surface area contributed by atoms with E-state index in [0.717, 1.165) is 39.4 Å². The summed E-state index contributed by atoms with van der Waals surface area (Å²) in [4.78, 5) is 9.15. The number of nitrogens with two attached hydrogens (primary N) is 1. The molecule has 5 heteroatoms. The Bertz CT molecular complexity index is 763. The van der Waals surface area contributed by atoms with E-state index in [1.165, 1.54) is 11.8 Å². The van der Waals surface area contributed by atoms with Crippen LogP contribution >= 0.6 is 11.8 Å². The molecule has 2 N–H and O–H groups in total. The van der Waals surface area contributed by atoms with Gasteiger partial charge in [0.25, 0.3) is 5.22 Å². The Morgan fingerprint density at radius 1 is 1.19 bits per heavy atom. The molecule has 0 fully saturated rings. The van der Waals surface area contributed by atoms with Crippen LogP contribution < -0.4 is 5.73 Å². The third-order valence-corrected chi connectivity index (χ3v) is 4.27. The maximum atomic E-state index is 5.72. The lowest BCUT2D eigenvalue weighted by Crippen LogP contribution is -2.04. The Labute approximate surface area is 127 Å². The third-order valence-electron chi connectivity index (χ3n) is 3.37. The summed E-state index contributed by atoms with van der Waals surface area (Å²) < 4.78 is 5.64. The first kappa shape index (κ1) is 14.1.